The zero-order valence-electron chi connectivity index (χ0n) is 10.5. The van der Waals surface area contributed by atoms with E-state index in [-0.39, 0.29) is 0 Å². The zero-order chi connectivity index (χ0) is 13.1. The monoisotopic (exact) mass is 261 g/mol. The van der Waals surface area contributed by atoms with Crippen LogP contribution in [0.1, 0.15) is 11.1 Å². The first-order valence-electron chi connectivity index (χ1n) is 5.79. The highest BCUT2D eigenvalue weighted by Crippen LogP contribution is 2.29. The average molecular weight is 262 g/mol. The molecule has 94 valence electrons. The first-order valence-corrected chi connectivity index (χ1v) is 6.17. The van der Waals surface area contributed by atoms with Gasteiger partial charge in [0.15, 0.2) is 0 Å². The van der Waals surface area contributed by atoms with Gasteiger partial charge in [0.2, 0.25) is 0 Å². The third kappa shape index (κ3) is 2.50. The van der Waals surface area contributed by atoms with Crippen LogP contribution in [0.4, 0.5) is 0 Å². The predicted octanol–water partition coefficient (Wildman–Crippen LogP) is 3.78. The van der Waals surface area contributed by atoms with E-state index in [2.05, 4.69) is 6.92 Å². The van der Waals surface area contributed by atoms with Gasteiger partial charge in [0.05, 0.1) is 7.11 Å². The summed E-state index contributed by atoms with van der Waals surface area (Å²) in [6.07, 6.45) is 0. The van der Waals surface area contributed by atoms with Gasteiger partial charge in [0, 0.05) is 11.6 Å². The van der Waals surface area contributed by atoms with Crippen LogP contribution >= 0.6 is 11.6 Å². The van der Waals surface area contributed by atoms with E-state index in [0.29, 0.717) is 11.6 Å². The largest absolute Gasteiger partial charge is 0.497 e. The van der Waals surface area contributed by atoms with Gasteiger partial charge >= 0.3 is 0 Å². The molecular weight excluding hydrogens is 246 g/mol. The summed E-state index contributed by atoms with van der Waals surface area (Å²) in [7, 11) is 1.67. The molecule has 2 N–H and O–H groups in total. The summed E-state index contributed by atoms with van der Waals surface area (Å²) in [5.74, 6) is 0.862. The van der Waals surface area contributed by atoms with Crippen LogP contribution in [0.5, 0.6) is 5.75 Å². The molecule has 2 aromatic rings. The maximum absolute atomic E-state index is 6.19. The van der Waals surface area contributed by atoms with Gasteiger partial charge in [-0.1, -0.05) is 29.8 Å². The van der Waals surface area contributed by atoms with Crippen LogP contribution in [0.15, 0.2) is 36.4 Å². The second kappa shape index (κ2) is 5.42. The molecule has 0 saturated heterocycles. The molecule has 2 nitrogen and oxygen atoms in total. The molecule has 0 radical (unpaired) electrons. The van der Waals surface area contributed by atoms with Crippen molar-refractivity contribution >= 4 is 11.6 Å². The molecule has 0 bridgehead atoms. The van der Waals surface area contributed by atoms with Gasteiger partial charge in [-0.2, -0.15) is 0 Å². The molecule has 2 rings (SSSR count). The first kappa shape index (κ1) is 12.9. The van der Waals surface area contributed by atoms with Crippen molar-refractivity contribution in [2.75, 3.05) is 7.11 Å². The van der Waals surface area contributed by atoms with Crippen molar-refractivity contribution in [1.82, 2.24) is 0 Å². The van der Waals surface area contributed by atoms with Gasteiger partial charge in [0.25, 0.3) is 0 Å². The Morgan fingerprint density at radius 2 is 1.94 bits per heavy atom. The summed E-state index contributed by atoms with van der Waals surface area (Å²) in [4.78, 5) is 0. The highest BCUT2D eigenvalue weighted by Gasteiger charge is 2.06. The molecule has 0 unspecified atom stereocenters. The minimum Gasteiger partial charge on any atom is -0.497 e. The fourth-order valence-corrected chi connectivity index (χ4v) is 2.23. The topological polar surface area (TPSA) is 35.2 Å². The van der Waals surface area contributed by atoms with Crippen molar-refractivity contribution in [2.24, 2.45) is 5.73 Å². The first-order chi connectivity index (χ1) is 8.65. The normalized spacial score (nSPS) is 10.4. The average Bonchev–Trinajstić information content (AvgIpc) is 2.38. The third-order valence-electron chi connectivity index (χ3n) is 3.02. The quantitative estimate of drug-likeness (QED) is 0.913. The Balaban J connectivity index is 2.45. The van der Waals surface area contributed by atoms with E-state index in [1.54, 1.807) is 7.11 Å². The molecule has 0 aliphatic carbocycles. The van der Waals surface area contributed by atoms with Crippen molar-refractivity contribution in [1.29, 1.82) is 0 Å². The molecule has 0 aliphatic rings. The number of benzene rings is 2. The van der Waals surface area contributed by atoms with Gasteiger partial charge in [-0.25, -0.2) is 0 Å². The van der Waals surface area contributed by atoms with Gasteiger partial charge in [-0.05, 0) is 47.4 Å². The van der Waals surface area contributed by atoms with Crippen molar-refractivity contribution in [2.45, 2.75) is 13.5 Å². The number of hydrogen-bond donors (Lipinski definition) is 1. The van der Waals surface area contributed by atoms with E-state index >= 15 is 0 Å². The fraction of sp³-hybridized carbons (Fsp3) is 0.200. The number of ether oxygens (including phenoxy) is 1. The molecule has 0 spiro atoms. The number of halogens is 1. The maximum atomic E-state index is 6.19. The molecule has 3 heteroatoms. The summed E-state index contributed by atoms with van der Waals surface area (Å²) < 4.78 is 5.20. The van der Waals surface area contributed by atoms with Crippen molar-refractivity contribution in [3.63, 3.8) is 0 Å². The van der Waals surface area contributed by atoms with Gasteiger partial charge < -0.3 is 10.5 Å². The highest BCUT2D eigenvalue weighted by molar-refractivity contribution is 6.31. The lowest BCUT2D eigenvalue weighted by molar-refractivity contribution is 0.414. The summed E-state index contributed by atoms with van der Waals surface area (Å²) in [5, 5.41) is 0.713. The molecule has 0 heterocycles. The maximum Gasteiger partial charge on any atom is 0.119 e. The number of hydrogen-bond acceptors (Lipinski definition) is 2. The SMILES string of the molecule is COc1ccc(-c2ccc(CN)c(Cl)c2)c(C)c1. The van der Waals surface area contributed by atoms with Gasteiger partial charge in [0.1, 0.15) is 5.75 Å². The van der Waals surface area contributed by atoms with Gasteiger partial charge in [-0.15, -0.1) is 0 Å². The zero-order valence-corrected chi connectivity index (χ0v) is 11.3. The number of rotatable bonds is 3. The summed E-state index contributed by atoms with van der Waals surface area (Å²) in [6.45, 7) is 2.52. The van der Waals surface area contributed by atoms with E-state index in [4.69, 9.17) is 22.1 Å². The van der Waals surface area contributed by atoms with E-state index in [0.717, 1.165) is 28.0 Å². The highest BCUT2D eigenvalue weighted by atomic mass is 35.5. The van der Waals surface area contributed by atoms with E-state index in [1.165, 1.54) is 0 Å². The second-order valence-corrected chi connectivity index (χ2v) is 4.60. The molecule has 0 atom stereocenters. The lowest BCUT2D eigenvalue weighted by Crippen LogP contribution is -1.97. The van der Waals surface area contributed by atoms with E-state index in [1.807, 2.05) is 36.4 Å². The molecule has 0 saturated carbocycles. The molecule has 18 heavy (non-hydrogen) atoms. The van der Waals surface area contributed by atoms with Crippen molar-refractivity contribution in [3.05, 3.63) is 52.5 Å². The lowest BCUT2D eigenvalue weighted by atomic mass is 9.99. The molecule has 0 aromatic heterocycles. The predicted molar refractivity (Wildman–Crippen MR) is 76.1 cm³/mol. The fourth-order valence-electron chi connectivity index (χ4n) is 1.97. The Morgan fingerprint density at radius 1 is 1.17 bits per heavy atom. The summed E-state index contributed by atoms with van der Waals surface area (Å²) in [6, 6.07) is 12.0. The van der Waals surface area contributed by atoms with Crippen molar-refractivity contribution in [3.8, 4) is 16.9 Å². The van der Waals surface area contributed by atoms with Crippen LogP contribution < -0.4 is 10.5 Å². The molecule has 2 aromatic carbocycles. The molecular formula is C15H16ClNO. The van der Waals surface area contributed by atoms with Crippen LogP contribution in [0.3, 0.4) is 0 Å². The lowest BCUT2D eigenvalue weighted by Gasteiger charge is -2.10. The van der Waals surface area contributed by atoms with E-state index < -0.39 is 0 Å². The molecule has 0 amide bonds. The Kier molecular flexibility index (Phi) is 3.90. The smallest absolute Gasteiger partial charge is 0.119 e. The third-order valence-corrected chi connectivity index (χ3v) is 3.37. The summed E-state index contributed by atoms with van der Waals surface area (Å²) in [5.41, 5.74) is 9.98. The van der Waals surface area contributed by atoms with Gasteiger partial charge in [-0.3, -0.25) is 0 Å². The Morgan fingerprint density at radius 3 is 2.50 bits per heavy atom. The Hall–Kier alpha value is -1.51. The minimum atomic E-state index is 0.459. The number of aryl methyl sites for hydroxylation is 1. The Labute approximate surface area is 112 Å². The summed E-state index contributed by atoms with van der Waals surface area (Å²) >= 11 is 6.19. The number of methoxy groups -OCH3 is 1. The van der Waals surface area contributed by atoms with Crippen LogP contribution in [-0.2, 0) is 6.54 Å². The second-order valence-electron chi connectivity index (χ2n) is 4.19. The van der Waals surface area contributed by atoms with Crippen LogP contribution in [0.2, 0.25) is 5.02 Å². The molecule has 0 fully saturated rings. The minimum absolute atomic E-state index is 0.459. The Bertz CT molecular complexity index is 566. The van der Waals surface area contributed by atoms with Crippen LogP contribution in [-0.4, -0.2) is 7.11 Å². The molecule has 0 aliphatic heterocycles. The van der Waals surface area contributed by atoms with Crippen LogP contribution in [0, 0.1) is 6.92 Å². The van der Waals surface area contributed by atoms with Crippen molar-refractivity contribution < 1.29 is 4.74 Å². The van der Waals surface area contributed by atoms with E-state index in [9.17, 15) is 0 Å². The number of nitrogens with two attached hydrogens (primary N) is 1. The standard InChI is InChI=1S/C15H16ClNO/c1-10-7-13(18-2)5-6-14(10)11-3-4-12(9-17)15(16)8-11/h3-8H,9,17H2,1-2H3. The van der Waals surface area contributed by atoms with Crippen LogP contribution in [0.25, 0.3) is 11.1 Å².